The van der Waals surface area contributed by atoms with Gasteiger partial charge in [-0.3, -0.25) is 4.79 Å². The second-order valence-electron chi connectivity index (χ2n) is 4.93. The maximum Gasteiger partial charge on any atom is 0.252 e. The van der Waals surface area contributed by atoms with Crippen molar-refractivity contribution in [3.05, 3.63) is 64.1 Å². The first kappa shape index (κ1) is 15.6. The molecule has 1 N–H and O–H groups in total. The lowest BCUT2D eigenvalue weighted by Crippen LogP contribution is -2.37. The minimum Gasteiger partial charge on any atom is -0.491 e. The highest BCUT2D eigenvalue weighted by Crippen LogP contribution is 2.17. The first-order valence-corrected chi connectivity index (χ1v) is 7.61. The van der Waals surface area contributed by atoms with Crippen molar-refractivity contribution in [2.45, 2.75) is 19.9 Å². The van der Waals surface area contributed by atoms with Crippen molar-refractivity contribution in [3.63, 3.8) is 0 Å². The number of aryl methyl sites for hydroxylation is 1. The van der Waals surface area contributed by atoms with Crippen LogP contribution in [0.1, 0.15) is 22.8 Å². The highest BCUT2D eigenvalue weighted by atomic mass is 79.9. The van der Waals surface area contributed by atoms with Crippen LogP contribution in [0.25, 0.3) is 0 Å². The van der Waals surface area contributed by atoms with Gasteiger partial charge in [0.2, 0.25) is 0 Å². The Hall–Kier alpha value is -1.81. The number of ether oxygens (including phenoxy) is 1. The van der Waals surface area contributed by atoms with E-state index in [1.165, 1.54) is 0 Å². The van der Waals surface area contributed by atoms with Gasteiger partial charge in [0.15, 0.2) is 0 Å². The summed E-state index contributed by atoms with van der Waals surface area (Å²) in [4.78, 5) is 12.2. The lowest BCUT2D eigenvalue weighted by atomic mass is 10.2. The Bertz CT molecular complexity index is 628. The van der Waals surface area contributed by atoms with Gasteiger partial charge >= 0.3 is 0 Å². The van der Waals surface area contributed by atoms with Gasteiger partial charge in [-0.25, -0.2) is 0 Å². The normalized spacial score (nSPS) is 11.8. The maximum atomic E-state index is 12.2. The third kappa shape index (κ3) is 4.33. The Kier molecular flexibility index (Phi) is 5.39. The van der Waals surface area contributed by atoms with Crippen molar-refractivity contribution >= 4 is 21.8 Å². The van der Waals surface area contributed by atoms with Gasteiger partial charge in [-0.15, -0.1) is 0 Å². The molecule has 2 aromatic carbocycles. The van der Waals surface area contributed by atoms with Crippen molar-refractivity contribution in [1.29, 1.82) is 0 Å². The van der Waals surface area contributed by atoms with Crippen LogP contribution in [0.15, 0.2) is 53.0 Å². The van der Waals surface area contributed by atoms with Crippen LogP contribution in [-0.2, 0) is 0 Å². The van der Waals surface area contributed by atoms with E-state index in [0.29, 0.717) is 12.2 Å². The van der Waals surface area contributed by atoms with Crippen LogP contribution in [0, 0.1) is 6.92 Å². The number of para-hydroxylation sites is 1. The molecule has 0 saturated heterocycles. The van der Waals surface area contributed by atoms with E-state index >= 15 is 0 Å². The predicted octanol–water partition coefficient (Wildman–Crippen LogP) is 3.95. The van der Waals surface area contributed by atoms with Crippen molar-refractivity contribution in [2.75, 3.05) is 6.61 Å². The number of halogens is 1. The maximum absolute atomic E-state index is 12.2. The number of rotatable bonds is 5. The molecular formula is C17H18BrNO2. The van der Waals surface area contributed by atoms with Crippen LogP contribution in [0.4, 0.5) is 0 Å². The van der Waals surface area contributed by atoms with Gasteiger partial charge in [-0.2, -0.15) is 0 Å². The average Bonchev–Trinajstić information content (AvgIpc) is 2.46. The molecule has 0 aliphatic carbocycles. The van der Waals surface area contributed by atoms with E-state index in [1.807, 2.05) is 56.3 Å². The zero-order valence-electron chi connectivity index (χ0n) is 12.1. The molecule has 3 nitrogen and oxygen atoms in total. The second kappa shape index (κ2) is 7.27. The van der Waals surface area contributed by atoms with E-state index in [-0.39, 0.29) is 11.9 Å². The summed E-state index contributed by atoms with van der Waals surface area (Å²) in [5, 5.41) is 2.93. The lowest BCUT2D eigenvalue weighted by molar-refractivity contribution is 0.0926. The molecule has 0 radical (unpaired) electrons. The molecule has 1 atom stereocenters. The number of amides is 1. The molecule has 0 aliphatic rings. The van der Waals surface area contributed by atoms with E-state index in [0.717, 1.165) is 15.8 Å². The summed E-state index contributed by atoms with van der Waals surface area (Å²) in [5.74, 6) is 0.739. The van der Waals surface area contributed by atoms with Gasteiger partial charge in [-0.1, -0.05) is 30.3 Å². The summed E-state index contributed by atoms with van der Waals surface area (Å²) in [5.41, 5.74) is 1.71. The van der Waals surface area contributed by atoms with Crippen LogP contribution < -0.4 is 10.1 Å². The van der Waals surface area contributed by atoms with Gasteiger partial charge in [0.1, 0.15) is 12.4 Å². The van der Waals surface area contributed by atoms with Crippen LogP contribution in [0.2, 0.25) is 0 Å². The van der Waals surface area contributed by atoms with Crippen LogP contribution in [-0.4, -0.2) is 18.6 Å². The Labute approximate surface area is 133 Å². The van der Waals surface area contributed by atoms with Crippen molar-refractivity contribution < 1.29 is 9.53 Å². The number of carbonyl (C=O) groups excluding carboxylic acids is 1. The highest BCUT2D eigenvalue weighted by Gasteiger charge is 2.12. The summed E-state index contributed by atoms with van der Waals surface area (Å²) in [6.07, 6.45) is 0. The molecule has 0 spiro atoms. The Morgan fingerprint density at radius 2 is 1.86 bits per heavy atom. The molecule has 0 bridgehead atoms. The largest absolute Gasteiger partial charge is 0.491 e. The predicted molar refractivity (Wildman–Crippen MR) is 87.7 cm³/mol. The number of benzene rings is 2. The number of nitrogens with one attached hydrogen (secondary N) is 1. The van der Waals surface area contributed by atoms with Gasteiger partial charge in [-0.05, 0) is 53.5 Å². The quantitative estimate of drug-likeness (QED) is 0.888. The fraction of sp³-hybridized carbons (Fsp3) is 0.235. The summed E-state index contributed by atoms with van der Waals surface area (Å²) < 4.78 is 6.53. The molecule has 2 rings (SSSR count). The van der Waals surface area contributed by atoms with E-state index in [9.17, 15) is 4.79 Å². The molecular weight excluding hydrogens is 330 g/mol. The first-order chi connectivity index (χ1) is 10.1. The summed E-state index contributed by atoms with van der Waals surface area (Å²) in [6.45, 7) is 4.35. The molecule has 0 saturated carbocycles. The minimum absolute atomic E-state index is 0.0794. The van der Waals surface area contributed by atoms with Crippen molar-refractivity contribution in [1.82, 2.24) is 5.32 Å². The number of hydrogen-bond donors (Lipinski definition) is 1. The van der Waals surface area contributed by atoms with E-state index in [1.54, 1.807) is 6.07 Å². The molecule has 0 fully saturated rings. The summed E-state index contributed by atoms with van der Waals surface area (Å²) >= 11 is 3.38. The van der Waals surface area contributed by atoms with Gasteiger partial charge in [0, 0.05) is 4.47 Å². The molecule has 0 heterocycles. The highest BCUT2D eigenvalue weighted by molar-refractivity contribution is 9.10. The van der Waals surface area contributed by atoms with Gasteiger partial charge in [0.25, 0.3) is 5.91 Å². The molecule has 0 aliphatic heterocycles. The van der Waals surface area contributed by atoms with Gasteiger partial charge < -0.3 is 10.1 Å². The zero-order chi connectivity index (χ0) is 15.2. The van der Waals surface area contributed by atoms with Crippen LogP contribution in [0.5, 0.6) is 5.75 Å². The Morgan fingerprint density at radius 3 is 2.57 bits per heavy atom. The van der Waals surface area contributed by atoms with Crippen LogP contribution >= 0.6 is 15.9 Å². The molecule has 0 aromatic heterocycles. The third-order valence-electron chi connectivity index (χ3n) is 3.08. The monoisotopic (exact) mass is 347 g/mol. The van der Waals surface area contributed by atoms with Gasteiger partial charge in [0.05, 0.1) is 11.6 Å². The standard InChI is InChI=1S/C17H18BrNO2/c1-12-7-3-6-10-16(12)21-11-13(2)19-17(20)14-8-4-5-9-15(14)18/h3-10,13H,11H2,1-2H3,(H,19,20)/t13-/m1/s1. The van der Waals surface area contributed by atoms with E-state index in [2.05, 4.69) is 21.2 Å². The average molecular weight is 348 g/mol. The molecule has 110 valence electrons. The molecule has 0 unspecified atom stereocenters. The minimum atomic E-state index is -0.108. The van der Waals surface area contributed by atoms with E-state index in [4.69, 9.17) is 4.74 Å². The molecule has 2 aromatic rings. The fourth-order valence-electron chi connectivity index (χ4n) is 1.92. The smallest absolute Gasteiger partial charge is 0.252 e. The zero-order valence-corrected chi connectivity index (χ0v) is 13.7. The molecule has 4 heteroatoms. The number of carbonyl (C=O) groups is 1. The summed E-state index contributed by atoms with van der Waals surface area (Å²) in [7, 11) is 0. The molecule has 21 heavy (non-hydrogen) atoms. The summed E-state index contributed by atoms with van der Waals surface area (Å²) in [6, 6.07) is 15.1. The lowest BCUT2D eigenvalue weighted by Gasteiger charge is -2.16. The Morgan fingerprint density at radius 1 is 1.19 bits per heavy atom. The Balaban J connectivity index is 1.90. The van der Waals surface area contributed by atoms with E-state index < -0.39 is 0 Å². The second-order valence-corrected chi connectivity index (χ2v) is 5.79. The molecule has 1 amide bonds. The van der Waals surface area contributed by atoms with Crippen molar-refractivity contribution in [2.24, 2.45) is 0 Å². The topological polar surface area (TPSA) is 38.3 Å². The van der Waals surface area contributed by atoms with Crippen molar-refractivity contribution in [3.8, 4) is 5.75 Å². The number of hydrogen-bond acceptors (Lipinski definition) is 2. The fourth-order valence-corrected chi connectivity index (χ4v) is 2.39. The first-order valence-electron chi connectivity index (χ1n) is 6.81. The SMILES string of the molecule is Cc1ccccc1OC[C@@H](C)NC(=O)c1ccccc1Br. The van der Waals surface area contributed by atoms with Crippen LogP contribution in [0.3, 0.4) is 0 Å². The third-order valence-corrected chi connectivity index (χ3v) is 3.77.